The van der Waals surface area contributed by atoms with E-state index in [1.54, 1.807) is 7.11 Å². The quantitative estimate of drug-likeness (QED) is 0.825. The Bertz CT molecular complexity index is 392. The maximum atomic E-state index is 5.59. The molecule has 1 fully saturated rings. The molecule has 2 heteroatoms. The second kappa shape index (κ2) is 4.10. The largest absolute Gasteiger partial charge is 0.496 e. The fourth-order valence-electron chi connectivity index (χ4n) is 2.61. The van der Waals surface area contributed by atoms with Crippen LogP contribution in [0.15, 0.2) is 12.1 Å². The molecule has 1 unspecified atom stereocenters. The van der Waals surface area contributed by atoms with Gasteiger partial charge in [0.05, 0.1) is 7.11 Å². The van der Waals surface area contributed by atoms with Gasteiger partial charge in [0.1, 0.15) is 5.75 Å². The van der Waals surface area contributed by atoms with Crippen molar-refractivity contribution in [3.05, 3.63) is 28.8 Å². The van der Waals surface area contributed by atoms with E-state index in [1.807, 2.05) is 0 Å². The molecule has 0 amide bonds. The number of nitrogens with one attached hydrogen (secondary N) is 1. The van der Waals surface area contributed by atoms with Crippen LogP contribution >= 0.6 is 0 Å². The minimum absolute atomic E-state index is 0.0871. The van der Waals surface area contributed by atoms with Crippen LogP contribution in [0.4, 0.5) is 0 Å². The minimum Gasteiger partial charge on any atom is -0.496 e. The van der Waals surface area contributed by atoms with E-state index in [0.717, 1.165) is 12.3 Å². The SMILES string of the molecule is COc1c(C2(C)CCCN2)ccc(C)c1C. The fourth-order valence-corrected chi connectivity index (χ4v) is 2.61. The summed E-state index contributed by atoms with van der Waals surface area (Å²) < 4.78 is 5.59. The van der Waals surface area contributed by atoms with Gasteiger partial charge in [0.2, 0.25) is 0 Å². The molecule has 0 saturated carbocycles. The normalized spacial score (nSPS) is 24.8. The third-order valence-corrected chi connectivity index (χ3v) is 3.84. The van der Waals surface area contributed by atoms with Gasteiger partial charge in [-0.3, -0.25) is 0 Å². The first-order chi connectivity index (χ1) is 7.58. The first-order valence-corrected chi connectivity index (χ1v) is 5.98. The summed E-state index contributed by atoms with van der Waals surface area (Å²) in [6.07, 6.45) is 2.43. The molecular weight excluding hydrogens is 198 g/mol. The molecule has 1 N–H and O–H groups in total. The third kappa shape index (κ3) is 1.71. The van der Waals surface area contributed by atoms with E-state index in [9.17, 15) is 0 Å². The van der Waals surface area contributed by atoms with Gasteiger partial charge in [-0.05, 0) is 51.3 Å². The first-order valence-electron chi connectivity index (χ1n) is 5.98. The molecular formula is C14H21NO. The lowest BCUT2D eigenvalue weighted by Gasteiger charge is -2.28. The van der Waals surface area contributed by atoms with Gasteiger partial charge in [-0.1, -0.05) is 12.1 Å². The predicted octanol–water partition coefficient (Wildman–Crippen LogP) is 2.91. The Labute approximate surface area is 98.0 Å². The van der Waals surface area contributed by atoms with E-state index in [1.165, 1.54) is 29.5 Å². The second-order valence-corrected chi connectivity index (χ2v) is 4.95. The van der Waals surface area contributed by atoms with Crippen LogP contribution in [0.2, 0.25) is 0 Å². The highest BCUT2D eigenvalue weighted by Crippen LogP contribution is 2.38. The lowest BCUT2D eigenvalue weighted by molar-refractivity contribution is 0.368. The Balaban J connectivity index is 2.52. The Morgan fingerprint density at radius 1 is 1.31 bits per heavy atom. The summed E-state index contributed by atoms with van der Waals surface area (Å²) in [7, 11) is 1.77. The molecule has 0 spiro atoms. The fraction of sp³-hybridized carbons (Fsp3) is 0.571. The zero-order valence-electron chi connectivity index (χ0n) is 10.7. The third-order valence-electron chi connectivity index (χ3n) is 3.84. The van der Waals surface area contributed by atoms with E-state index in [4.69, 9.17) is 4.74 Å². The Morgan fingerprint density at radius 2 is 2.06 bits per heavy atom. The van der Waals surface area contributed by atoms with Crippen LogP contribution in [-0.4, -0.2) is 13.7 Å². The van der Waals surface area contributed by atoms with Crippen molar-refractivity contribution in [2.45, 2.75) is 39.2 Å². The molecule has 0 aromatic heterocycles. The number of hydrogen-bond acceptors (Lipinski definition) is 2. The van der Waals surface area contributed by atoms with Crippen LogP contribution < -0.4 is 10.1 Å². The molecule has 1 saturated heterocycles. The van der Waals surface area contributed by atoms with Crippen molar-refractivity contribution in [2.24, 2.45) is 0 Å². The van der Waals surface area contributed by atoms with E-state index in [-0.39, 0.29) is 5.54 Å². The maximum absolute atomic E-state index is 5.59. The highest BCUT2D eigenvalue weighted by atomic mass is 16.5. The topological polar surface area (TPSA) is 21.3 Å². The van der Waals surface area contributed by atoms with Crippen molar-refractivity contribution < 1.29 is 4.74 Å². The van der Waals surface area contributed by atoms with Gasteiger partial charge in [-0.15, -0.1) is 0 Å². The highest BCUT2D eigenvalue weighted by Gasteiger charge is 2.33. The zero-order chi connectivity index (χ0) is 11.8. The molecule has 2 nitrogen and oxygen atoms in total. The number of methoxy groups -OCH3 is 1. The van der Waals surface area contributed by atoms with E-state index in [2.05, 4.69) is 38.2 Å². The van der Waals surface area contributed by atoms with Crippen LogP contribution in [0, 0.1) is 13.8 Å². The van der Waals surface area contributed by atoms with Crippen molar-refractivity contribution >= 4 is 0 Å². The smallest absolute Gasteiger partial charge is 0.127 e. The summed E-state index contributed by atoms with van der Waals surface area (Å²) >= 11 is 0. The highest BCUT2D eigenvalue weighted by molar-refractivity contribution is 5.48. The van der Waals surface area contributed by atoms with Gasteiger partial charge in [0.15, 0.2) is 0 Å². The molecule has 1 aliphatic heterocycles. The molecule has 16 heavy (non-hydrogen) atoms. The molecule has 2 rings (SSSR count). The minimum atomic E-state index is 0.0871. The second-order valence-electron chi connectivity index (χ2n) is 4.95. The monoisotopic (exact) mass is 219 g/mol. The van der Waals surface area contributed by atoms with Gasteiger partial charge in [0, 0.05) is 11.1 Å². The standard InChI is InChI=1S/C14H21NO/c1-10-6-7-12(13(16-4)11(10)2)14(3)8-5-9-15-14/h6-7,15H,5,8-9H2,1-4H3. The van der Waals surface area contributed by atoms with E-state index in [0.29, 0.717) is 0 Å². The summed E-state index contributed by atoms with van der Waals surface area (Å²) in [4.78, 5) is 0. The Morgan fingerprint density at radius 3 is 2.62 bits per heavy atom. The summed E-state index contributed by atoms with van der Waals surface area (Å²) in [5.74, 6) is 1.05. The average molecular weight is 219 g/mol. The van der Waals surface area contributed by atoms with Gasteiger partial charge < -0.3 is 10.1 Å². The van der Waals surface area contributed by atoms with Crippen molar-refractivity contribution in [3.63, 3.8) is 0 Å². The molecule has 1 atom stereocenters. The lowest BCUT2D eigenvalue weighted by Crippen LogP contribution is -2.33. The summed E-state index contributed by atoms with van der Waals surface area (Å²) in [6.45, 7) is 7.64. The number of benzene rings is 1. The summed E-state index contributed by atoms with van der Waals surface area (Å²) in [5.41, 5.74) is 3.94. The summed E-state index contributed by atoms with van der Waals surface area (Å²) in [5, 5.41) is 3.59. The van der Waals surface area contributed by atoms with Crippen molar-refractivity contribution in [1.29, 1.82) is 0 Å². The van der Waals surface area contributed by atoms with Crippen molar-refractivity contribution in [1.82, 2.24) is 5.32 Å². The van der Waals surface area contributed by atoms with Crippen molar-refractivity contribution in [3.8, 4) is 5.75 Å². The van der Waals surface area contributed by atoms with E-state index >= 15 is 0 Å². The molecule has 88 valence electrons. The zero-order valence-corrected chi connectivity index (χ0v) is 10.7. The Hall–Kier alpha value is -1.02. The van der Waals surface area contributed by atoms with Crippen LogP contribution in [0.5, 0.6) is 5.75 Å². The van der Waals surface area contributed by atoms with Crippen LogP contribution in [0.25, 0.3) is 0 Å². The van der Waals surface area contributed by atoms with Gasteiger partial charge in [-0.25, -0.2) is 0 Å². The summed E-state index contributed by atoms with van der Waals surface area (Å²) in [6, 6.07) is 4.40. The maximum Gasteiger partial charge on any atom is 0.127 e. The number of rotatable bonds is 2. The van der Waals surface area contributed by atoms with Crippen LogP contribution in [-0.2, 0) is 5.54 Å². The molecule has 0 bridgehead atoms. The number of aryl methyl sites for hydroxylation is 1. The van der Waals surface area contributed by atoms with Crippen molar-refractivity contribution in [2.75, 3.05) is 13.7 Å². The Kier molecular flexibility index (Phi) is 2.94. The van der Waals surface area contributed by atoms with Gasteiger partial charge in [0.25, 0.3) is 0 Å². The molecule has 1 aromatic carbocycles. The molecule has 1 aromatic rings. The van der Waals surface area contributed by atoms with Crippen LogP contribution in [0.1, 0.15) is 36.5 Å². The first kappa shape index (κ1) is 11.5. The predicted molar refractivity (Wildman–Crippen MR) is 67.1 cm³/mol. The van der Waals surface area contributed by atoms with Crippen LogP contribution in [0.3, 0.4) is 0 Å². The molecule has 1 heterocycles. The number of hydrogen-bond donors (Lipinski definition) is 1. The number of ether oxygens (including phenoxy) is 1. The molecule has 1 aliphatic rings. The van der Waals surface area contributed by atoms with Gasteiger partial charge >= 0.3 is 0 Å². The van der Waals surface area contributed by atoms with E-state index < -0.39 is 0 Å². The molecule has 0 radical (unpaired) electrons. The van der Waals surface area contributed by atoms with Gasteiger partial charge in [-0.2, -0.15) is 0 Å². The molecule has 0 aliphatic carbocycles. The average Bonchev–Trinajstić information content (AvgIpc) is 2.70. The lowest BCUT2D eigenvalue weighted by atomic mass is 9.87.